The fourth-order valence-corrected chi connectivity index (χ4v) is 3.41. The number of aliphatic hydroxyl groups is 1. The van der Waals surface area contributed by atoms with E-state index < -0.39 is 5.92 Å². The molecule has 1 aliphatic heterocycles. The summed E-state index contributed by atoms with van der Waals surface area (Å²) in [6, 6.07) is 4.06. The Morgan fingerprint density at radius 1 is 1.10 bits per heavy atom. The van der Waals surface area contributed by atoms with Gasteiger partial charge in [-0.1, -0.05) is 6.58 Å². The molecule has 0 unspecified atom stereocenters. The highest BCUT2D eigenvalue weighted by molar-refractivity contribution is 5.74. The second-order valence-corrected chi connectivity index (χ2v) is 6.13. The second kappa shape index (κ2) is 5.32. The summed E-state index contributed by atoms with van der Waals surface area (Å²) >= 11 is 0. The Hall–Kier alpha value is -1.58. The van der Waals surface area contributed by atoms with Crippen LogP contribution in [0.4, 0.5) is 14.5 Å². The smallest absolute Gasteiger partial charge is 0.249 e. The number of alkyl halides is 2. The monoisotopic (exact) mass is 293 g/mol. The van der Waals surface area contributed by atoms with Gasteiger partial charge in [0.2, 0.25) is 5.92 Å². The molecule has 1 N–H and O–H groups in total. The summed E-state index contributed by atoms with van der Waals surface area (Å²) < 4.78 is 27.1. The van der Waals surface area contributed by atoms with E-state index in [0.29, 0.717) is 25.1 Å². The van der Waals surface area contributed by atoms with Crippen LogP contribution in [0.3, 0.4) is 0 Å². The molecule has 3 rings (SSSR count). The number of aryl methyl sites for hydroxylation is 2. The van der Waals surface area contributed by atoms with Crippen LogP contribution in [0.5, 0.6) is 0 Å². The third-order valence-electron chi connectivity index (χ3n) is 4.58. The number of fused-ring (bicyclic) bond motifs is 1. The minimum atomic E-state index is -2.57. The molecule has 1 aromatic rings. The van der Waals surface area contributed by atoms with Crippen molar-refractivity contribution in [3.05, 3.63) is 35.4 Å². The SMILES string of the molecule is C=C(O)c1cc2c(cc1N1CCCC(F)(F)CC1)CCC2. The zero-order chi connectivity index (χ0) is 15.0. The predicted molar refractivity (Wildman–Crippen MR) is 81.1 cm³/mol. The number of nitrogens with zero attached hydrogens (tertiary/aromatic N) is 1. The van der Waals surface area contributed by atoms with Crippen LogP contribution in [0.1, 0.15) is 42.4 Å². The number of hydrogen-bond acceptors (Lipinski definition) is 2. The van der Waals surface area contributed by atoms with Crippen LogP contribution in [0.25, 0.3) is 5.76 Å². The van der Waals surface area contributed by atoms with Crippen molar-refractivity contribution in [1.82, 2.24) is 0 Å². The lowest BCUT2D eigenvalue weighted by molar-refractivity contribution is -0.0102. The van der Waals surface area contributed by atoms with E-state index in [1.54, 1.807) is 0 Å². The van der Waals surface area contributed by atoms with Crippen molar-refractivity contribution >= 4 is 11.4 Å². The van der Waals surface area contributed by atoms with Crippen molar-refractivity contribution in [2.75, 3.05) is 18.0 Å². The van der Waals surface area contributed by atoms with Crippen LogP contribution in [-0.4, -0.2) is 24.1 Å². The lowest BCUT2D eigenvalue weighted by Gasteiger charge is -2.26. The highest BCUT2D eigenvalue weighted by atomic mass is 19.3. The van der Waals surface area contributed by atoms with Crippen molar-refractivity contribution in [2.45, 2.75) is 44.4 Å². The summed E-state index contributed by atoms with van der Waals surface area (Å²) in [5.74, 6) is -2.54. The van der Waals surface area contributed by atoms with Crippen molar-refractivity contribution in [2.24, 2.45) is 0 Å². The molecule has 0 atom stereocenters. The minimum absolute atomic E-state index is 0.0238. The molecule has 21 heavy (non-hydrogen) atoms. The zero-order valence-electron chi connectivity index (χ0n) is 12.2. The van der Waals surface area contributed by atoms with Crippen molar-refractivity contribution in [1.29, 1.82) is 0 Å². The lowest BCUT2D eigenvalue weighted by atomic mass is 10.0. The van der Waals surface area contributed by atoms with E-state index in [4.69, 9.17) is 0 Å². The van der Waals surface area contributed by atoms with Gasteiger partial charge in [-0.25, -0.2) is 8.78 Å². The van der Waals surface area contributed by atoms with Gasteiger partial charge in [0.1, 0.15) is 5.76 Å². The zero-order valence-corrected chi connectivity index (χ0v) is 12.2. The summed E-state index contributed by atoms with van der Waals surface area (Å²) in [7, 11) is 0. The molecule has 1 saturated heterocycles. The summed E-state index contributed by atoms with van der Waals surface area (Å²) in [6.45, 7) is 4.57. The van der Waals surface area contributed by atoms with E-state index in [1.807, 2.05) is 11.0 Å². The maximum Gasteiger partial charge on any atom is 0.249 e. The van der Waals surface area contributed by atoms with Crippen molar-refractivity contribution < 1.29 is 13.9 Å². The Morgan fingerprint density at radius 3 is 2.52 bits per heavy atom. The first-order valence-electron chi connectivity index (χ1n) is 7.63. The van der Waals surface area contributed by atoms with Gasteiger partial charge >= 0.3 is 0 Å². The first kappa shape index (κ1) is 14.4. The van der Waals surface area contributed by atoms with Gasteiger partial charge in [-0.3, -0.25) is 0 Å². The molecule has 0 bridgehead atoms. The minimum Gasteiger partial charge on any atom is -0.508 e. The fourth-order valence-electron chi connectivity index (χ4n) is 3.41. The highest BCUT2D eigenvalue weighted by Gasteiger charge is 2.32. The molecular weight excluding hydrogens is 272 g/mol. The quantitative estimate of drug-likeness (QED) is 0.820. The third kappa shape index (κ3) is 2.89. The number of rotatable bonds is 2. The van der Waals surface area contributed by atoms with E-state index >= 15 is 0 Å². The number of halogens is 2. The average Bonchev–Trinajstić information content (AvgIpc) is 2.80. The molecule has 1 fully saturated rings. The second-order valence-electron chi connectivity index (χ2n) is 6.13. The summed E-state index contributed by atoms with van der Waals surface area (Å²) in [5, 5.41) is 9.87. The van der Waals surface area contributed by atoms with Crippen LogP contribution in [0, 0.1) is 0 Å². The molecule has 0 radical (unpaired) electrons. The first-order chi connectivity index (χ1) is 9.96. The average molecular weight is 293 g/mol. The standard InChI is InChI=1S/C17H21F2NO/c1-12(21)15-10-13-4-2-5-14(13)11-16(15)20-8-3-6-17(18,19)7-9-20/h10-11,21H,1-9H2. The Labute approximate surface area is 124 Å². The summed E-state index contributed by atoms with van der Waals surface area (Å²) in [6.07, 6.45) is 3.47. The van der Waals surface area contributed by atoms with Crippen molar-refractivity contribution in [3.63, 3.8) is 0 Å². The topological polar surface area (TPSA) is 23.5 Å². The highest BCUT2D eigenvalue weighted by Crippen LogP contribution is 2.36. The summed E-state index contributed by atoms with van der Waals surface area (Å²) in [5.41, 5.74) is 4.09. The number of anilines is 1. The lowest BCUT2D eigenvalue weighted by Crippen LogP contribution is -2.26. The Bertz CT molecular complexity index is 568. The normalized spacial score (nSPS) is 21.0. The van der Waals surface area contributed by atoms with Gasteiger partial charge in [-0.15, -0.1) is 0 Å². The molecule has 1 heterocycles. The molecule has 4 heteroatoms. The largest absolute Gasteiger partial charge is 0.508 e. The van der Waals surface area contributed by atoms with E-state index in [-0.39, 0.29) is 18.6 Å². The van der Waals surface area contributed by atoms with Crippen LogP contribution < -0.4 is 4.90 Å². The molecule has 114 valence electrons. The number of benzene rings is 1. The summed E-state index contributed by atoms with van der Waals surface area (Å²) in [4.78, 5) is 1.98. The molecule has 2 aliphatic rings. The van der Waals surface area contributed by atoms with Crippen molar-refractivity contribution in [3.8, 4) is 0 Å². The van der Waals surface area contributed by atoms with Gasteiger partial charge in [-0.05, 0) is 48.9 Å². The van der Waals surface area contributed by atoms with Gasteiger partial charge in [0.15, 0.2) is 0 Å². The molecule has 2 nitrogen and oxygen atoms in total. The Morgan fingerprint density at radius 2 is 1.81 bits per heavy atom. The number of aliphatic hydroxyl groups excluding tert-OH is 1. The first-order valence-corrected chi connectivity index (χ1v) is 7.63. The molecule has 1 aliphatic carbocycles. The van der Waals surface area contributed by atoms with Gasteiger partial charge in [0.05, 0.1) is 0 Å². The van der Waals surface area contributed by atoms with E-state index in [0.717, 1.165) is 24.9 Å². The van der Waals surface area contributed by atoms with Gasteiger partial charge < -0.3 is 10.0 Å². The van der Waals surface area contributed by atoms with Gasteiger partial charge in [0, 0.05) is 37.2 Å². The molecule has 0 saturated carbocycles. The van der Waals surface area contributed by atoms with Gasteiger partial charge in [0.25, 0.3) is 0 Å². The maximum atomic E-state index is 13.5. The Balaban J connectivity index is 1.95. The van der Waals surface area contributed by atoms with Crippen LogP contribution in [-0.2, 0) is 12.8 Å². The Kier molecular flexibility index (Phi) is 3.64. The molecule has 0 spiro atoms. The van der Waals surface area contributed by atoms with Gasteiger partial charge in [-0.2, -0.15) is 0 Å². The van der Waals surface area contributed by atoms with Crippen LogP contribution in [0.2, 0.25) is 0 Å². The third-order valence-corrected chi connectivity index (χ3v) is 4.58. The van der Waals surface area contributed by atoms with E-state index in [1.165, 1.54) is 11.1 Å². The molecule has 0 amide bonds. The van der Waals surface area contributed by atoms with E-state index in [2.05, 4.69) is 12.6 Å². The maximum absolute atomic E-state index is 13.5. The van der Waals surface area contributed by atoms with Crippen LogP contribution in [0.15, 0.2) is 18.7 Å². The number of hydrogen-bond donors (Lipinski definition) is 1. The molecule has 1 aromatic carbocycles. The predicted octanol–water partition coefficient (Wildman–Crippen LogP) is 4.33. The van der Waals surface area contributed by atoms with E-state index in [9.17, 15) is 13.9 Å². The molecular formula is C17H21F2NO. The van der Waals surface area contributed by atoms with Crippen LogP contribution >= 0.6 is 0 Å². The molecule has 0 aromatic heterocycles. The fraction of sp³-hybridized carbons (Fsp3) is 0.529.